The Kier molecular flexibility index (Phi) is 6.59. The number of methoxy groups -OCH3 is 1. The van der Waals surface area contributed by atoms with E-state index in [1.54, 1.807) is 35.2 Å². The van der Waals surface area contributed by atoms with Crippen molar-refractivity contribution in [3.8, 4) is 11.5 Å². The Labute approximate surface area is 177 Å². The maximum Gasteiger partial charge on any atom is 0.266 e. The summed E-state index contributed by atoms with van der Waals surface area (Å²) in [5.41, 5.74) is 1.01. The predicted molar refractivity (Wildman–Crippen MR) is 114 cm³/mol. The quantitative estimate of drug-likeness (QED) is 0.453. The molecular weight excluding hydrogens is 421 g/mol. The SMILES string of the molecule is CCN1C(=O)/C(=C\c2ccc(OC)c(OCc3c(F)cccc3Cl)c2)SC1=S. The third-order valence-corrected chi connectivity index (χ3v) is 5.84. The van der Waals surface area contributed by atoms with Gasteiger partial charge in [-0.3, -0.25) is 9.69 Å². The first kappa shape index (κ1) is 20.6. The lowest BCUT2D eigenvalue weighted by Gasteiger charge is -2.13. The van der Waals surface area contributed by atoms with E-state index in [0.717, 1.165) is 5.56 Å². The molecule has 0 saturated carbocycles. The molecule has 2 aromatic rings. The third kappa shape index (κ3) is 4.32. The van der Waals surface area contributed by atoms with Gasteiger partial charge in [0.05, 0.1) is 17.0 Å². The van der Waals surface area contributed by atoms with Crippen molar-refractivity contribution in [1.29, 1.82) is 0 Å². The number of amides is 1. The number of halogens is 2. The number of rotatable bonds is 6. The van der Waals surface area contributed by atoms with E-state index >= 15 is 0 Å². The summed E-state index contributed by atoms with van der Waals surface area (Å²) >= 11 is 12.5. The number of carbonyl (C=O) groups is 1. The summed E-state index contributed by atoms with van der Waals surface area (Å²) in [5.74, 6) is 0.354. The number of ether oxygens (including phenoxy) is 2. The van der Waals surface area contributed by atoms with Crippen LogP contribution in [-0.2, 0) is 11.4 Å². The Morgan fingerprint density at radius 3 is 2.71 bits per heavy atom. The fraction of sp³-hybridized carbons (Fsp3) is 0.200. The Bertz CT molecular complexity index is 944. The van der Waals surface area contributed by atoms with Gasteiger partial charge in [-0.25, -0.2) is 4.39 Å². The fourth-order valence-corrected chi connectivity index (χ4v) is 4.24. The van der Waals surface area contributed by atoms with Crippen LogP contribution in [0, 0.1) is 5.82 Å². The largest absolute Gasteiger partial charge is 0.493 e. The molecule has 2 aromatic carbocycles. The van der Waals surface area contributed by atoms with Gasteiger partial charge in [-0.1, -0.05) is 47.7 Å². The first-order valence-electron chi connectivity index (χ1n) is 8.43. The first-order valence-corrected chi connectivity index (χ1v) is 10.0. The highest BCUT2D eigenvalue weighted by atomic mass is 35.5. The van der Waals surface area contributed by atoms with Crippen molar-refractivity contribution >= 4 is 51.9 Å². The highest BCUT2D eigenvalue weighted by molar-refractivity contribution is 8.26. The van der Waals surface area contributed by atoms with Gasteiger partial charge in [0.1, 0.15) is 16.7 Å². The molecule has 0 unspecified atom stereocenters. The average Bonchev–Trinajstić information content (AvgIpc) is 2.94. The van der Waals surface area contributed by atoms with Crippen LogP contribution in [0.1, 0.15) is 18.1 Å². The molecule has 1 aliphatic heterocycles. The van der Waals surface area contributed by atoms with Crippen molar-refractivity contribution in [3.05, 3.63) is 63.3 Å². The molecule has 3 rings (SSSR count). The number of carbonyl (C=O) groups excluding carboxylic acids is 1. The number of likely N-dealkylation sites (N-methyl/N-ethyl adjacent to an activating group) is 1. The maximum absolute atomic E-state index is 14.0. The molecule has 0 aromatic heterocycles. The minimum absolute atomic E-state index is 0.0523. The molecule has 1 aliphatic rings. The smallest absolute Gasteiger partial charge is 0.266 e. The monoisotopic (exact) mass is 437 g/mol. The summed E-state index contributed by atoms with van der Waals surface area (Å²) in [4.78, 5) is 14.5. The van der Waals surface area contributed by atoms with Gasteiger partial charge in [-0.05, 0) is 42.8 Å². The van der Waals surface area contributed by atoms with Crippen LogP contribution in [0.2, 0.25) is 5.02 Å². The molecule has 0 aliphatic carbocycles. The van der Waals surface area contributed by atoms with E-state index in [-0.39, 0.29) is 18.1 Å². The number of thioether (sulfide) groups is 1. The molecule has 1 heterocycles. The summed E-state index contributed by atoms with van der Waals surface area (Å²) in [6.45, 7) is 2.35. The van der Waals surface area contributed by atoms with E-state index in [1.165, 1.54) is 31.0 Å². The predicted octanol–water partition coefficient (Wildman–Crippen LogP) is 5.29. The molecule has 1 saturated heterocycles. The van der Waals surface area contributed by atoms with Gasteiger partial charge < -0.3 is 9.47 Å². The summed E-state index contributed by atoms with van der Waals surface area (Å²) in [6.07, 6.45) is 1.75. The highest BCUT2D eigenvalue weighted by Gasteiger charge is 2.30. The lowest BCUT2D eigenvalue weighted by atomic mass is 10.1. The fourth-order valence-electron chi connectivity index (χ4n) is 2.64. The van der Waals surface area contributed by atoms with Crippen molar-refractivity contribution < 1.29 is 18.7 Å². The van der Waals surface area contributed by atoms with Crippen LogP contribution >= 0.6 is 35.6 Å². The summed E-state index contributed by atoms with van der Waals surface area (Å²) in [6, 6.07) is 9.73. The first-order chi connectivity index (χ1) is 13.4. The van der Waals surface area contributed by atoms with E-state index in [2.05, 4.69) is 0 Å². The summed E-state index contributed by atoms with van der Waals surface area (Å²) in [7, 11) is 1.52. The van der Waals surface area contributed by atoms with Crippen LogP contribution in [0.5, 0.6) is 11.5 Å². The van der Waals surface area contributed by atoms with Crippen molar-refractivity contribution in [2.24, 2.45) is 0 Å². The van der Waals surface area contributed by atoms with E-state index in [9.17, 15) is 9.18 Å². The van der Waals surface area contributed by atoms with Crippen LogP contribution in [-0.4, -0.2) is 28.8 Å². The minimum atomic E-state index is -0.439. The molecular formula is C20H17ClFNO3S2. The Morgan fingerprint density at radius 2 is 2.07 bits per heavy atom. The van der Waals surface area contributed by atoms with Gasteiger partial charge in [-0.2, -0.15) is 0 Å². The molecule has 0 spiro atoms. The van der Waals surface area contributed by atoms with Gasteiger partial charge in [-0.15, -0.1) is 0 Å². The van der Waals surface area contributed by atoms with Gasteiger partial charge in [0.25, 0.3) is 5.91 Å². The minimum Gasteiger partial charge on any atom is -0.493 e. The molecule has 0 atom stereocenters. The Hall–Kier alpha value is -2.09. The van der Waals surface area contributed by atoms with Crippen LogP contribution in [0.25, 0.3) is 6.08 Å². The van der Waals surface area contributed by atoms with E-state index < -0.39 is 5.82 Å². The Balaban J connectivity index is 1.86. The van der Waals surface area contributed by atoms with E-state index in [4.69, 9.17) is 33.3 Å². The molecule has 0 radical (unpaired) electrons. The molecule has 0 bridgehead atoms. The number of hydrogen-bond donors (Lipinski definition) is 0. The number of hydrogen-bond acceptors (Lipinski definition) is 5. The lowest BCUT2D eigenvalue weighted by Crippen LogP contribution is -2.27. The van der Waals surface area contributed by atoms with Crippen LogP contribution in [0.4, 0.5) is 4.39 Å². The molecule has 28 heavy (non-hydrogen) atoms. The topological polar surface area (TPSA) is 38.8 Å². The lowest BCUT2D eigenvalue weighted by molar-refractivity contribution is -0.121. The van der Waals surface area contributed by atoms with Crippen LogP contribution in [0.15, 0.2) is 41.3 Å². The second-order valence-electron chi connectivity index (χ2n) is 5.83. The summed E-state index contributed by atoms with van der Waals surface area (Å²) < 4.78 is 25.6. The van der Waals surface area contributed by atoms with E-state index in [1.807, 2.05) is 6.92 Å². The van der Waals surface area contributed by atoms with Gasteiger partial charge in [0.2, 0.25) is 0 Å². The molecule has 8 heteroatoms. The third-order valence-electron chi connectivity index (χ3n) is 4.11. The van der Waals surface area contributed by atoms with Crippen molar-refractivity contribution in [1.82, 2.24) is 4.90 Å². The van der Waals surface area contributed by atoms with Crippen molar-refractivity contribution in [2.75, 3.05) is 13.7 Å². The second-order valence-corrected chi connectivity index (χ2v) is 7.91. The average molecular weight is 438 g/mol. The van der Waals surface area contributed by atoms with Gasteiger partial charge in [0, 0.05) is 12.1 Å². The van der Waals surface area contributed by atoms with Gasteiger partial charge >= 0.3 is 0 Å². The molecule has 4 nitrogen and oxygen atoms in total. The molecule has 1 amide bonds. The molecule has 1 fully saturated rings. The van der Waals surface area contributed by atoms with Crippen LogP contribution < -0.4 is 9.47 Å². The zero-order valence-electron chi connectivity index (χ0n) is 15.2. The number of benzene rings is 2. The molecule has 0 N–H and O–H groups in total. The number of nitrogens with zero attached hydrogens (tertiary/aromatic N) is 1. The highest BCUT2D eigenvalue weighted by Crippen LogP contribution is 2.35. The maximum atomic E-state index is 14.0. The Morgan fingerprint density at radius 1 is 1.29 bits per heavy atom. The van der Waals surface area contributed by atoms with E-state index in [0.29, 0.717) is 32.3 Å². The standard InChI is InChI=1S/C20H17ClFNO3S2/c1-3-23-19(24)18(28-20(23)27)10-12-7-8-16(25-2)17(9-12)26-11-13-14(21)5-4-6-15(13)22/h4-10H,3,11H2,1-2H3/b18-10+. The summed E-state index contributed by atoms with van der Waals surface area (Å²) in [5, 5.41) is 0.290. The molecule has 146 valence electrons. The zero-order chi connectivity index (χ0) is 20.3. The normalized spacial score (nSPS) is 15.4. The van der Waals surface area contributed by atoms with Gasteiger partial charge in [0.15, 0.2) is 11.5 Å². The van der Waals surface area contributed by atoms with Crippen LogP contribution in [0.3, 0.4) is 0 Å². The van der Waals surface area contributed by atoms with Crippen molar-refractivity contribution in [2.45, 2.75) is 13.5 Å². The zero-order valence-corrected chi connectivity index (χ0v) is 17.6. The number of thiocarbonyl (C=S) groups is 1. The second kappa shape index (κ2) is 8.94. The van der Waals surface area contributed by atoms with Crippen molar-refractivity contribution in [3.63, 3.8) is 0 Å².